The second-order valence-electron chi connectivity index (χ2n) is 9.33. The van der Waals surface area contributed by atoms with E-state index in [1.54, 1.807) is 7.11 Å². The van der Waals surface area contributed by atoms with Gasteiger partial charge in [0, 0.05) is 30.6 Å². The monoisotopic (exact) mass is 485 g/mol. The Bertz CT molecular complexity index is 1300. The summed E-state index contributed by atoms with van der Waals surface area (Å²) >= 11 is 0. The van der Waals surface area contributed by atoms with Gasteiger partial charge in [0.25, 0.3) is 5.71 Å². The van der Waals surface area contributed by atoms with Crippen LogP contribution in [0, 0.1) is 5.92 Å². The van der Waals surface area contributed by atoms with Crippen molar-refractivity contribution in [3.05, 3.63) is 66.5 Å². The Morgan fingerprint density at radius 3 is 2.58 bits per heavy atom. The van der Waals surface area contributed by atoms with Crippen LogP contribution >= 0.6 is 0 Å². The zero-order chi connectivity index (χ0) is 24.9. The number of rotatable bonds is 8. The van der Waals surface area contributed by atoms with E-state index in [0.717, 1.165) is 61.3 Å². The summed E-state index contributed by atoms with van der Waals surface area (Å²) in [4.78, 5) is 24.0. The number of benzene rings is 2. The molecule has 36 heavy (non-hydrogen) atoms. The van der Waals surface area contributed by atoms with Crippen LogP contribution in [-0.2, 0) is 11.2 Å². The van der Waals surface area contributed by atoms with Crippen molar-refractivity contribution >= 4 is 22.8 Å². The Morgan fingerprint density at radius 2 is 1.86 bits per heavy atom. The van der Waals surface area contributed by atoms with E-state index >= 15 is 0 Å². The Balaban J connectivity index is 1.23. The number of nitrogens with zero attached hydrogens (tertiary/aromatic N) is 4. The van der Waals surface area contributed by atoms with E-state index in [2.05, 4.69) is 56.5 Å². The summed E-state index contributed by atoms with van der Waals surface area (Å²) < 4.78 is 10.8. The van der Waals surface area contributed by atoms with Gasteiger partial charge in [0.15, 0.2) is 0 Å². The van der Waals surface area contributed by atoms with E-state index < -0.39 is 0 Å². The summed E-state index contributed by atoms with van der Waals surface area (Å²) in [5, 5.41) is 8.30. The molecule has 3 heterocycles. The number of piperidine rings is 1. The molecule has 5 rings (SSSR count). The van der Waals surface area contributed by atoms with Crippen LogP contribution in [-0.4, -0.2) is 47.3 Å². The molecule has 4 aromatic rings. The molecule has 1 N–H and O–H groups in total. The number of carbonyl (C=O) groups is 1. The molecular formula is C28H31N5O3. The number of aromatic nitrogens is 3. The quantitative estimate of drug-likeness (QED) is 0.388. The molecule has 1 aliphatic rings. The lowest BCUT2D eigenvalue weighted by atomic mass is 9.95. The highest BCUT2D eigenvalue weighted by atomic mass is 16.5. The molecule has 8 heteroatoms. The van der Waals surface area contributed by atoms with E-state index in [0.29, 0.717) is 11.4 Å². The Morgan fingerprint density at radius 1 is 1.11 bits per heavy atom. The van der Waals surface area contributed by atoms with E-state index in [1.807, 2.05) is 30.3 Å². The lowest BCUT2D eigenvalue weighted by Crippen LogP contribution is -2.43. The number of hydrogen-bond donors (Lipinski definition) is 1. The third kappa shape index (κ3) is 5.17. The zero-order valence-corrected chi connectivity index (χ0v) is 20.7. The second-order valence-corrected chi connectivity index (χ2v) is 9.33. The third-order valence-corrected chi connectivity index (χ3v) is 6.88. The number of ether oxygens (including phenoxy) is 1. The molecule has 0 aliphatic carbocycles. The first kappa shape index (κ1) is 23.8. The SMILES string of the molecule is COc1ccc(-c2noc3ncnc(N4CCC(C(=O)N[C@H](C)CCc5ccccc5)CC4)c23)cc1. The average molecular weight is 486 g/mol. The van der Waals surface area contributed by atoms with E-state index in [1.165, 1.54) is 11.9 Å². The Labute approximate surface area is 210 Å². The molecule has 2 aromatic carbocycles. The van der Waals surface area contributed by atoms with Crippen LogP contribution in [0.3, 0.4) is 0 Å². The van der Waals surface area contributed by atoms with Crippen molar-refractivity contribution in [2.24, 2.45) is 5.92 Å². The molecule has 8 nitrogen and oxygen atoms in total. The number of anilines is 1. The van der Waals surface area contributed by atoms with Crippen LogP contribution in [0.2, 0.25) is 0 Å². The Hall–Kier alpha value is -3.94. The summed E-state index contributed by atoms with van der Waals surface area (Å²) in [6.07, 6.45) is 4.93. The van der Waals surface area contributed by atoms with Crippen LogP contribution in [0.1, 0.15) is 31.7 Å². The molecular weight excluding hydrogens is 454 g/mol. The number of carbonyl (C=O) groups excluding carboxylic acids is 1. The molecule has 0 unspecified atom stereocenters. The summed E-state index contributed by atoms with van der Waals surface area (Å²) in [6, 6.07) is 18.2. The van der Waals surface area contributed by atoms with Gasteiger partial charge in [0.05, 0.1) is 7.11 Å². The molecule has 186 valence electrons. The van der Waals surface area contributed by atoms with Gasteiger partial charge in [-0.15, -0.1) is 0 Å². The van der Waals surface area contributed by atoms with Crippen LogP contribution < -0.4 is 15.0 Å². The highest BCUT2D eigenvalue weighted by Gasteiger charge is 2.29. The molecule has 0 saturated carbocycles. The topological polar surface area (TPSA) is 93.4 Å². The average Bonchev–Trinajstić information content (AvgIpc) is 3.37. The van der Waals surface area contributed by atoms with Gasteiger partial charge in [0.2, 0.25) is 5.91 Å². The smallest absolute Gasteiger partial charge is 0.263 e. The first-order chi connectivity index (χ1) is 17.6. The predicted molar refractivity (Wildman–Crippen MR) is 139 cm³/mol. The molecule has 1 fully saturated rings. The summed E-state index contributed by atoms with van der Waals surface area (Å²) in [5.74, 6) is 1.72. The van der Waals surface area contributed by atoms with Crippen molar-refractivity contribution in [1.29, 1.82) is 0 Å². The van der Waals surface area contributed by atoms with E-state index in [4.69, 9.17) is 9.26 Å². The fourth-order valence-electron chi connectivity index (χ4n) is 4.77. The van der Waals surface area contributed by atoms with Crippen molar-refractivity contribution in [1.82, 2.24) is 20.4 Å². The first-order valence-corrected chi connectivity index (χ1v) is 12.5. The lowest BCUT2D eigenvalue weighted by molar-refractivity contribution is -0.126. The second kappa shape index (κ2) is 10.8. The third-order valence-electron chi connectivity index (χ3n) is 6.88. The number of amides is 1. The number of hydrogen-bond acceptors (Lipinski definition) is 7. The molecule has 1 amide bonds. The molecule has 0 spiro atoms. The Kier molecular flexibility index (Phi) is 7.11. The van der Waals surface area contributed by atoms with E-state index in [-0.39, 0.29) is 17.9 Å². The van der Waals surface area contributed by atoms with Crippen LogP contribution in [0.25, 0.3) is 22.4 Å². The molecule has 0 bridgehead atoms. The van der Waals surface area contributed by atoms with Gasteiger partial charge in [-0.25, -0.2) is 4.98 Å². The zero-order valence-electron chi connectivity index (χ0n) is 20.7. The predicted octanol–water partition coefficient (Wildman–Crippen LogP) is 4.65. The molecule has 1 saturated heterocycles. The van der Waals surface area contributed by atoms with Crippen molar-refractivity contribution in [2.75, 3.05) is 25.1 Å². The fraction of sp³-hybridized carbons (Fsp3) is 0.357. The summed E-state index contributed by atoms with van der Waals surface area (Å²) in [6.45, 7) is 3.55. The van der Waals surface area contributed by atoms with Gasteiger partial charge in [-0.2, -0.15) is 4.98 Å². The molecule has 0 radical (unpaired) electrons. The van der Waals surface area contributed by atoms with Crippen molar-refractivity contribution in [3.8, 4) is 17.0 Å². The van der Waals surface area contributed by atoms with Crippen molar-refractivity contribution < 1.29 is 14.1 Å². The minimum absolute atomic E-state index is 0.00119. The largest absolute Gasteiger partial charge is 0.497 e. The standard InChI is InChI=1S/C28H31N5O3/c1-19(8-9-20-6-4-3-5-7-20)31-27(34)22-14-16-33(17-15-22)26-24-25(32-36-28(24)30-18-29-26)21-10-12-23(35-2)13-11-21/h3-7,10-13,18-19,22H,8-9,14-17H2,1-2H3,(H,31,34)/t19-/m1/s1. The minimum Gasteiger partial charge on any atom is -0.497 e. The number of methoxy groups -OCH3 is 1. The number of fused-ring (bicyclic) bond motifs is 1. The van der Waals surface area contributed by atoms with Gasteiger partial charge >= 0.3 is 0 Å². The van der Waals surface area contributed by atoms with Gasteiger partial charge in [0.1, 0.15) is 29.0 Å². The van der Waals surface area contributed by atoms with Crippen LogP contribution in [0.15, 0.2) is 65.4 Å². The maximum Gasteiger partial charge on any atom is 0.263 e. The maximum atomic E-state index is 12.9. The fourth-order valence-corrected chi connectivity index (χ4v) is 4.77. The van der Waals surface area contributed by atoms with Gasteiger partial charge < -0.3 is 19.5 Å². The normalized spacial score (nSPS) is 15.1. The van der Waals surface area contributed by atoms with Crippen molar-refractivity contribution in [3.63, 3.8) is 0 Å². The lowest BCUT2D eigenvalue weighted by Gasteiger charge is -2.32. The van der Waals surface area contributed by atoms with Crippen molar-refractivity contribution in [2.45, 2.75) is 38.6 Å². The minimum atomic E-state index is 0.00119. The molecule has 1 aliphatic heterocycles. The van der Waals surface area contributed by atoms with Crippen LogP contribution in [0.4, 0.5) is 5.82 Å². The van der Waals surface area contributed by atoms with E-state index in [9.17, 15) is 4.79 Å². The molecule has 1 atom stereocenters. The highest BCUT2D eigenvalue weighted by Crippen LogP contribution is 2.35. The number of aryl methyl sites for hydroxylation is 1. The summed E-state index contributed by atoms with van der Waals surface area (Å²) in [5.41, 5.74) is 3.36. The van der Waals surface area contributed by atoms with Gasteiger partial charge in [-0.05, 0) is 62.4 Å². The van der Waals surface area contributed by atoms with Gasteiger partial charge in [-0.3, -0.25) is 4.79 Å². The highest BCUT2D eigenvalue weighted by molar-refractivity contribution is 5.98. The maximum absolute atomic E-state index is 12.9. The van der Waals surface area contributed by atoms with Gasteiger partial charge in [-0.1, -0.05) is 35.5 Å². The summed E-state index contributed by atoms with van der Waals surface area (Å²) in [7, 11) is 1.64. The van der Waals surface area contributed by atoms with Crippen LogP contribution in [0.5, 0.6) is 5.75 Å². The number of nitrogens with one attached hydrogen (secondary N) is 1. The first-order valence-electron chi connectivity index (χ1n) is 12.5. The molecule has 2 aromatic heterocycles.